The molecule has 6 heteroatoms. The van der Waals surface area contributed by atoms with Crippen LogP contribution in [-0.2, 0) is 4.74 Å². The number of anilines is 1. The molecule has 2 rings (SSSR count). The smallest absolute Gasteiger partial charge is 0.322 e. The predicted octanol–water partition coefficient (Wildman–Crippen LogP) is 2.59. The molecule has 1 saturated heterocycles. The summed E-state index contributed by atoms with van der Waals surface area (Å²) in [7, 11) is 0. The molecule has 1 aliphatic heterocycles. The van der Waals surface area contributed by atoms with E-state index in [1.807, 2.05) is 13.8 Å². The summed E-state index contributed by atoms with van der Waals surface area (Å²) in [6.07, 6.45) is 4.96. The molecule has 1 aliphatic rings. The van der Waals surface area contributed by atoms with Crippen molar-refractivity contribution in [2.24, 2.45) is 0 Å². The lowest BCUT2D eigenvalue weighted by atomic mass is 10.1. The Morgan fingerprint density at radius 1 is 1.43 bits per heavy atom. The largest absolute Gasteiger partial charge is 0.375 e. The lowest BCUT2D eigenvalue weighted by Crippen LogP contribution is -2.52. The Labute approximate surface area is 122 Å². The van der Waals surface area contributed by atoms with Gasteiger partial charge < -0.3 is 15.0 Å². The number of carbonyl (C=O) groups excluding carboxylic acids is 1. The monoisotopic (exact) mass is 294 g/mol. The molecule has 1 heterocycles. The quantitative estimate of drug-likeness (QED) is 0.809. The highest BCUT2D eigenvalue weighted by atomic mass is 19.1. The van der Waals surface area contributed by atoms with Crippen molar-refractivity contribution in [3.63, 3.8) is 0 Å². The number of amides is 2. The van der Waals surface area contributed by atoms with Gasteiger partial charge in [-0.25, -0.2) is 13.6 Å². The van der Waals surface area contributed by atoms with Gasteiger partial charge in [0.1, 0.15) is 5.69 Å². The molecule has 4 nitrogen and oxygen atoms in total. The summed E-state index contributed by atoms with van der Waals surface area (Å²) in [5.74, 6) is 0.350. The van der Waals surface area contributed by atoms with E-state index in [0.717, 1.165) is 12.1 Å². The molecular formula is C15H16F2N2O2. The number of benzene rings is 1. The van der Waals surface area contributed by atoms with E-state index >= 15 is 0 Å². The highest BCUT2D eigenvalue weighted by Gasteiger charge is 2.30. The molecule has 0 aromatic heterocycles. The molecule has 0 aliphatic carbocycles. The van der Waals surface area contributed by atoms with Crippen LogP contribution in [-0.4, -0.2) is 36.2 Å². The Bertz CT molecular complexity index is 575. The molecule has 2 unspecified atom stereocenters. The first kappa shape index (κ1) is 15.3. The zero-order chi connectivity index (χ0) is 15.6. The number of morpholine rings is 1. The fraction of sp³-hybridized carbons (Fsp3) is 0.400. The summed E-state index contributed by atoms with van der Waals surface area (Å²) < 4.78 is 33.0. The Balaban J connectivity index is 2.18. The second-order valence-corrected chi connectivity index (χ2v) is 4.90. The van der Waals surface area contributed by atoms with E-state index in [2.05, 4.69) is 11.2 Å². The maximum Gasteiger partial charge on any atom is 0.322 e. The Kier molecular flexibility index (Phi) is 4.43. The van der Waals surface area contributed by atoms with Crippen molar-refractivity contribution in [2.45, 2.75) is 26.0 Å². The van der Waals surface area contributed by atoms with Crippen LogP contribution in [0.15, 0.2) is 12.1 Å². The summed E-state index contributed by atoms with van der Waals surface area (Å²) in [5.41, 5.74) is -0.415. The lowest BCUT2D eigenvalue weighted by Gasteiger charge is -2.37. The number of halogens is 2. The Morgan fingerprint density at radius 3 is 2.62 bits per heavy atom. The van der Waals surface area contributed by atoms with Crippen molar-refractivity contribution in [2.75, 3.05) is 18.5 Å². The molecule has 1 aromatic carbocycles. The van der Waals surface area contributed by atoms with Gasteiger partial charge in [-0.3, -0.25) is 0 Å². The SMILES string of the molecule is C#Cc1cc(F)c(NC(=O)N2CCOC(C)C2C)c(F)c1. The van der Waals surface area contributed by atoms with Crippen molar-refractivity contribution in [1.29, 1.82) is 0 Å². The minimum absolute atomic E-state index is 0.0800. The number of hydrogen-bond donors (Lipinski definition) is 1. The van der Waals surface area contributed by atoms with Gasteiger partial charge in [-0.15, -0.1) is 6.42 Å². The van der Waals surface area contributed by atoms with E-state index in [-0.39, 0.29) is 17.7 Å². The lowest BCUT2D eigenvalue weighted by molar-refractivity contribution is -0.0355. The predicted molar refractivity (Wildman–Crippen MR) is 74.9 cm³/mol. The second kappa shape index (κ2) is 6.10. The molecule has 112 valence electrons. The standard InChI is InChI=1S/C15H16F2N2O2/c1-4-11-7-12(16)14(13(17)8-11)18-15(20)19-5-6-21-10(3)9(19)2/h1,7-10H,5-6H2,2-3H3,(H,18,20). The molecule has 0 saturated carbocycles. The normalized spacial score (nSPS) is 21.8. The van der Waals surface area contributed by atoms with Crippen LogP contribution in [0.25, 0.3) is 0 Å². The highest BCUT2D eigenvalue weighted by Crippen LogP contribution is 2.22. The fourth-order valence-electron chi connectivity index (χ4n) is 2.17. The molecule has 2 amide bonds. The molecule has 21 heavy (non-hydrogen) atoms. The van der Waals surface area contributed by atoms with Crippen LogP contribution in [0.1, 0.15) is 19.4 Å². The van der Waals surface area contributed by atoms with Gasteiger partial charge in [0.15, 0.2) is 11.6 Å². The third kappa shape index (κ3) is 3.14. The Hall–Kier alpha value is -2.13. The van der Waals surface area contributed by atoms with Crippen molar-refractivity contribution >= 4 is 11.7 Å². The molecule has 0 radical (unpaired) electrons. The molecule has 1 aromatic rings. The van der Waals surface area contributed by atoms with Gasteiger partial charge in [-0.05, 0) is 26.0 Å². The van der Waals surface area contributed by atoms with Gasteiger partial charge in [-0.2, -0.15) is 0 Å². The number of nitrogens with one attached hydrogen (secondary N) is 1. The van der Waals surface area contributed by atoms with Gasteiger partial charge >= 0.3 is 6.03 Å². The van der Waals surface area contributed by atoms with Crippen LogP contribution >= 0.6 is 0 Å². The van der Waals surface area contributed by atoms with E-state index < -0.39 is 23.4 Å². The summed E-state index contributed by atoms with van der Waals surface area (Å²) in [4.78, 5) is 13.7. The van der Waals surface area contributed by atoms with Crippen molar-refractivity contribution in [1.82, 2.24) is 4.90 Å². The zero-order valence-electron chi connectivity index (χ0n) is 11.8. The van der Waals surface area contributed by atoms with Gasteiger partial charge in [0.2, 0.25) is 0 Å². The highest BCUT2D eigenvalue weighted by molar-refractivity contribution is 5.90. The van der Waals surface area contributed by atoms with E-state index in [1.165, 1.54) is 4.90 Å². The van der Waals surface area contributed by atoms with Crippen molar-refractivity contribution < 1.29 is 18.3 Å². The van der Waals surface area contributed by atoms with Gasteiger partial charge in [0.25, 0.3) is 0 Å². The molecule has 1 N–H and O–H groups in total. The van der Waals surface area contributed by atoms with Crippen LogP contribution < -0.4 is 5.32 Å². The maximum absolute atomic E-state index is 13.8. The molecule has 0 bridgehead atoms. The fourth-order valence-corrected chi connectivity index (χ4v) is 2.17. The summed E-state index contributed by atoms with van der Waals surface area (Å²) >= 11 is 0. The van der Waals surface area contributed by atoms with Crippen LogP contribution in [0.2, 0.25) is 0 Å². The van der Waals surface area contributed by atoms with Crippen LogP contribution in [0.3, 0.4) is 0 Å². The summed E-state index contributed by atoms with van der Waals surface area (Å²) in [6.45, 7) is 4.41. The second-order valence-electron chi connectivity index (χ2n) is 4.90. The maximum atomic E-state index is 13.8. The molecular weight excluding hydrogens is 278 g/mol. The Morgan fingerprint density at radius 2 is 2.05 bits per heavy atom. The first-order valence-corrected chi connectivity index (χ1v) is 6.59. The van der Waals surface area contributed by atoms with Gasteiger partial charge in [-0.1, -0.05) is 5.92 Å². The molecule has 0 spiro atoms. The van der Waals surface area contributed by atoms with Gasteiger partial charge in [0.05, 0.1) is 18.8 Å². The number of terminal acetylenes is 1. The van der Waals surface area contributed by atoms with Crippen LogP contribution in [0.5, 0.6) is 0 Å². The number of nitrogens with zero attached hydrogens (tertiary/aromatic N) is 1. The first-order valence-electron chi connectivity index (χ1n) is 6.59. The minimum atomic E-state index is -0.898. The third-order valence-corrected chi connectivity index (χ3v) is 3.59. The minimum Gasteiger partial charge on any atom is -0.375 e. The van der Waals surface area contributed by atoms with E-state index in [4.69, 9.17) is 11.2 Å². The van der Waals surface area contributed by atoms with E-state index in [0.29, 0.717) is 13.2 Å². The van der Waals surface area contributed by atoms with Crippen molar-refractivity contribution in [3.05, 3.63) is 29.3 Å². The number of urea groups is 1. The molecule has 2 atom stereocenters. The van der Waals surface area contributed by atoms with Crippen LogP contribution in [0, 0.1) is 24.0 Å². The van der Waals surface area contributed by atoms with E-state index in [9.17, 15) is 13.6 Å². The average Bonchev–Trinajstić information content (AvgIpc) is 2.45. The summed E-state index contributed by atoms with van der Waals surface area (Å²) in [6, 6.07) is 1.26. The number of hydrogen-bond acceptors (Lipinski definition) is 2. The third-order valence-electron chi connectivity index (χ3n) is 3.59. The average molecular weight is 294 g/mol. The first-order chi connectivity index (χ1) is 9.93. The topological polar surface area (TPSA) is 41.6 Å². The zero-order valence-corrected chi connectivity index (χ0v) is 11.8. The molecule has 1 fully saturated rings. The summed E-state index contributed by atoms with van der Waals surface area (Å²) in [5, 5.41) is 2.26. The van der Waals surface area contributed by atoms with E-state index in [1.54, 1.807) is 0 Å². The number of ether oxygens (including phenoxy) is 1. The number of rotatable bonds is 1. The van der Waals surface area contributed by atoms with Gasteiger partial charge in [0, 0.05) is 12.1 Å². The van der Waals surface area contributed by atoms with Crippen molar-refractivity contribution in [3.8, 4) is 12.3 Å². The van der Waals surface area contributed by atoms with Crippen LogP contribution in [0.4, 0.5) is 19.3 Å². The number of carbonyl (C=O) groups is 1.